The highest BCUT2D eigenvalue weighted by atomic mass is 32.2. The first-order valence-corrected chi connectivity index (χ1v) is 23.5. The summed E-state index contributed by atoms with van der Waals surface area (Å²) in [5.74, 6) is 0. The Morgan fingerprint density at radius 1 is 0.385 bits per heavy atom. The molecule has 65 heavy (non-hydrogen) atoms. The molecule has 14 rings (SSSR count). The second-order valence-corrected chi connectivity index (χ2v) is 19.5. The zero-order chi connectivity index (χ0) is 43.0. The molecule has 0 amide bonds. The van der Waals surface area contributed by atoms with Crippen molar-refractivity contribution in [3.8, 4) is 27.9 Å². The molecule has 10 aromatic carbocycles. The van der Waals surface area contributed by atoms with Crippen LogP contribution in [-0.2, 0) is 10.8 Å². The molecule has 3 heteroatoms. The van der Waals surface area contributed by atoms with Crippen molar-refractivity contribution in [2.75, 3.05) is 4.90 Å². The molecule has 11 aromatic rings. The van der Waals surface area contributed by atoms with E-state index in [1.165, 1.54) is 98.0 Å². The lowest BCUT2D eigenvalue weighted by molar-refractivity contribution is 0.660. The molecule has 1 aromatic heterocycles. The van der Waals surface area contributed by atoms with Gasteiger partial charge in [-0.15, -0.1) is 0 Å². The van der Waals surface area contributed by atoms with Crippen LogP contribution in [0, 0.1) is 0 Å². The van der Waals surface area contributed by atoms with Crippen LogP contribution in [0.5, 0.6) is 0 Å². The first kappa shape index (κ1) is 36.8. The molecule has 0 bridgehead atoms. The Hall–Kier alpha value is -7.59. The van der Waals surface area contributed by atoms with E-state index in [4.69, 9.17) is 0 Å². The van der Waals surface area contributed by atoms with E-state index in [1.54, 1.807) is 0 Å². The van der Waals surface area contributed by atoms with Crippen molar-refractivity contribution < 1.29 is 0 Å². The molecule has 0 fully saturated rings. The van der Waals surface area contributed by atoms with E-state index >= 15 is 0 Å². The molecular weight excluding hydrogens is 805 g/mol. The fourth-order valence-corrected chi connectivity index (χ4v) is 13.3. The monoisotopic (exact) mass is 846 g/mol. The van der Waals surface area contributed by atoms with Crippen molar-refractivity contribution in [1.82, 2.24) is 4.57 Å². The second-order valence-electron chi connectivity index (χ2n) is 18.4. The van der Waals surface area contributed by atoms with E-state index in [9.17, 15) is 0 Å². The first-order valence-electron chi connectivity index (χ1n) is 22.7. The molecule has 1 atom stereocenters. The molecule has 1 unspecified atom stereocenters. The largest absolute Gasteiger partial charge is 0.310 e. The van der Waals surface area contributed by atoms with E-state index in [-0.39, 0.29) is 5.41 Å². The summed E-state index contributed by atoms with van der Waals surface area (Å²) >= 11 is 1.90. The van der Waals surface area contributed by atoms with Gasteiger partial charge in [0.2, 0.25) is 0 Å². The molecule has 0 radical (unpaired) electrons. The minimum Gasteiger partial charge on any atom is -0.310 e. The predicted octanol–water partition coefficient (Wildman–Crippen LogP) is 16.5. The number of benzene rings is 10. The molecular formula is C62H42N2S. The van der Waals surface area contributed by atoms with E-state index in [0.717, 1.165) is 22.7 Å². The quantitative estimate of drug-likeness (QED) is 0.174. The number of nitrogens with zero attached hydrogens (tertiary/aromatic N) is 2. The fraction of sp³-hybridized carbons (Fsp3) is 0.0645. The Bertz CT molecular complexity index is 3800. The lowest BCUT2D eigenvalue weighted by Crippen LogP contribution is -2.36. The minimum atomic E-state index is -0.511. The number of hydrogen-bond acceptors (Lipinski definition) is 2. The van der Waals surface area contributed by atoms with Crippen LogP contribution in [-0.4, -0.2) is 4.57 Å². The van der Waals surface area contributed by atoms with Gasteiger partial charge in [0.15, 0.2) is 0 Å². The molecule has 0 saturated carbocycles. The van der Waals surface area contributed by atoms with Crippen molar-refractivity contribution in [3.63, 3.8) is 0 Å². The molecule has 306 valence electrons. The molecule has 2 nitrogen and oxygen atoms in total. The van der Waals surface area contributed by atoms with Crippen molar-refractivity contribution in [3.05, 3.63) is 252 Å². The van der Waals surface area contributed by atoms with Crippen LogP contribution in [0.15, 0.2) is 228 Å². The highest BCUT2D eigenvalue weighted by Crippen LogP contribution is 2.62. The van der Waals surface area contributed by atoms with Crippen molar-refractivity contribution in [2.45, 2.75) is 34.5 Å². The van der Waals surface area contributed by atoms with Crippen LogP contribution in [0.25, 0.3) is 60.5 Å². The van der Waals surface area contributed by atoms with Gasteiger partial charge in [0.1, 0.15) is 0 Å². The second kappa shape index (κ2) is 13.5. The van der Waals surface area contributed by atoms with Gasteiger partial charge in [-0.05, 0) is 127 Å². The van der Waals surface area contributed by atoms with Crippen LogP contribution >= 0.6 is 11.8 Å². The molecule has 1 spiro atoms. The molecule has 2 heterocycles. The minimum absolute atomic E-state index is 0.0905. The molecule has 2 aliphatic carbocycles. The Labute approximate surface area is 383 Å². The number of rotatable bonds is 4. The Morgan fingerprint density at radius 3 is 1.80 bits per heavy atom. The summed E-state index contributed by atoms with van der Waals surface area (Å²) in [6, 6.07) is 82.1. The number of anilines is 3. The molecule has 0 N–H and O–H groups in total. The lowest BCUT2D eigenvalue weighted by atomic mass is 9.59. The smallest absolute Gasteiger partial charge is 0.0735 e. The van der Waals surface area contributed by atoms with Gasteiger partial charge < -0.3 is 9.47 Å². The summed E-state index contributed by atoms with van der Waals surface area (Å²) in [6.45, 7) is 4.73. The van der Waals surface area contributed by atoms with Crippen LogP contribution in [0.2, 0.25) is 0 Å². The standard InChI is InChI=1S/C62H42N2S/c1-61(2)50-24-9-6-21-45(50)49-36-41(31-34-51(49)61)63(42-30-33-47-46-22-8-12-28-56(46)64(57(47)37-42)40-18-4-3-5-19-40)43-32-35-54-59(38-43)65-58-29-13-11-26-53(58)62(54)52-25-10-7-20-44(52)48-23-14-16-39-17-15-27-55(62)60(39)48/h3-38H,1-2H3. The fourth-order valence-electron chi connectivity index (χ4n) is 12.1. The van der Waals surface area contributed by atoms with E-state index in [0.29, 0.717) is 0 Å². The summed E-state index contributed by atoms with van der Waals surface area (Å²) < 4.78 is 2.43. The van der Waals surface area contributed by atoms with Gasteiger partial charge in [0.25, 0.3) is 0 Å². The SMILES string of the molecule is CC1(C)c2ccccc2-c2cc(N(c3ccc4c(c3)Sc3ccccc3C43c4ccccc4-c4cccc5cccc3c45)c3ccc4c5ccccc5n(-c5ccccc5)c4c3)ccc21. The lowest BCUT2D eigenvalue weighted by Gasteiger charge is -2.46. The van der Waals surface area contributed by atoms with Gasteiger partial charge in [-0.2, -0.15) is 0 Å². The van der Waals surface area contributed by atoms with Crippen LogP contribution in [0.4, 0.5) is 17.1 Å². The molecule has 1 aliphatic heterocycles. The highest BCUT2D eigenvalue weighted by molar-refractivity contribution is 7.99. The Balaban J connectivity index is 1.04. The Morgan fingerprint density at radius 2 is 0.954 bits per heavy atom. The third-order valence-corrected chi connectivity index (χ3v) is 16.0. The average Bonchev–Trinajstić information content (AvgIpc) is 3.80. The van der Waals surface area contributed by atoms with Gasteiger partial charge in [-0.3, -0.25) is 0 Å². The third-order valence-electron chi connectivity index (χ3n) is 14.8. The molecule has 0 saturated heterocycles. The molecule has 3 aliphatic rings. The maximum atomic E-state index is 2.50. The first-order chi connectivity index (χ1) is 32.0. The summed E-state index contributed by atoms with van der Waals surface area (Å²) in [7, 11) is 0. The normalized spacial score (nSPS) is 16.0. The van der Waals surface area contributed by atoms with Gasteiger partial charge in [0.05, 0.1) is 16.4 Å². The summed E-state index contributed by atoms with van der Waals surface area (Å²) in [4.78, 5) is 5.06. The average molecular weight is 847 g/mol. The van der Waals surface area contributed by atoms with Crippen molar-refractivity contribution in [1.29, 1.82) is 0 Å². The van der Waals surface area contributed by atoms with Crippen molar-refractivity contribution in [2.24, 2.45) is 0 Å². The van der Waals surface area contributed by atoms with Gasteiger partial charge in [-0.25, -0.2) is 0 Å². The summed E-state index contributed by atoms with van der Waals surface area (Å²) in [6.07, 6.45) is 0. The van der Waals surface area contributed by atoms with E-state index in [1.807, 2.05) is 11.8 Å². The van der Waals surface area contributed by atoms with Crippen LogP contribution < -0.4 is 4.90 Å². The van der Waals surface area contributed by atoms with Gasteiger partial charge >= 0.3 is 0 Å². The number of para-hydroxylation sites is 2. The van der Waals surface area contributed by atoms with Gasteiger partial charge in [0, 0.05) is 48.7 Å². The number of fused-ring (bicyclic) bond motifs is 14. The highest BCUT2D eigenvalue weighted by Gasteiger charge is 2.48. The Kier molecular flexibility index (Phi) is 7.63. The van der Waals surface area contributed by atoms with E-state index in [2.05, 4.69) is 242 Å². The van der Waals surface area contributed by atoms with Crippen molar-refractivity contribution >= 4 is 61.4 Å². The summed E-state index contributed by atoms with van der Waals surface area (Å²) in [5, 5.41) is 5.11. The van der Waals surface area contributed by atoms with Gasteiger partial charge in [-0.1, -0.05) is 183 Å². The van der Waals surface area contributed by atoms with Crippen LogP contribution in [0.1, 0.15) is 47.2 Å². The zero-order valence-corrected chi connectivity index (χ0v) is 36.9. The van der Waals surface area contributed by atoms with Crippen LogP contribution in [0.3, 0.4) is 0 Å². The third kappa shape index (κ3) is 4.96. The van der Waals surface area contributed by atoms with E-state index < -0.39 is 5.41 Å². The number of aromatic nitrogens is 1. The maximum absolute atomic E-state index is 2.50. The predicted molar refractivity (Wildman–Crippen MR) is 272 cm³/mol. The number of hydrogen-bond donors (Lipinski definition) is 0. The summed E-state index contributed by atoms with van der Waals surface area (Å²) in [5.41, 5.74) is 19.6. The maximum Gasteiger partial charge on any atom is 0.0735 e. The zero-order valence-electron chi connectivity index (χ0n) is 36.1. The topological polar surface area (TPSA) is 8.17 Å².